The van der Waals surface area contributed by atoms with Crippen molar-refractivity contribution in [2.75, 3.05) is 31.5 Å². The van der Waals surface area contributed by atoms with E-state index in [-0.39, 0.29) is 11.8 Å². The van der Waals surface area contributed by atoms with Crippen LogP contribution >= 0.6 is 0 Å². The number of anilines is 1. The van der Waals surface area contributed by atoms with Crippen LogP contribution in [0.25, 0.3) is 0 Å². The van der Waals surface area contributed by atoms with Gasteiger partial charge in [-0.25, -0.2) is 0 Å². The van der Waals surface area contributed by atoms with Crippen molar-refractivity contribution >= 4 is 17.5 Å². The monoisotopic (exact) mass is 363 g/mol. The van der Waals surface area contributed by atoms with Gasteiger partial charge in [-0.3, -0.25) is 14.5 Å². The van der Waals surface area contributed by atoms with Crippen molar-refractivity contribution in [2.24, 2.45) is 0 Å². The predicted molar refractivity (Wildman–Crippen MR) is 106 cm³/mol. The molecule has 1 saturated heterocycles. The van der Waals surface area contributed by atoms with Gasteiger partial charge < -0.3 is 10.2 Å². The minimum Gasteiger partial charge on any atom is -0.336 e. The molecule has 27 heavy (non-hydrogen) atoms. The first-order valence-electron chi connectivity index (χ1n) is 9.58. The molecule has 5 heteroatoms. The average molecular weight is 363 g/mol. The quantitative estimate of drug-likeness (QED) is 0.912. The lowest BCUT2D eigenvalue weighted by Gasteiger charge is -2.35. The van der Waals surface area contributed by atoms with Crippen LogP contribution in [0.4, 0.5) is 5.69 Å². The Bertz CT molecular complexity index is 852. The van der Waals surface area contributed by atoms with Crippen LogP contribution in [-0.2, 0) is 17.8 Å². The number of aryl methyl sites for hydroxylation is 2. The van der Waals surface area contributed by atoms with Gasteiger partial charge >= 0.3 is 0 Å². The molecule has 0 aromatic heterocycles. The van der Waals surface area contributed by atoms with Crippen LogP contribution in [0.3, 0.4) is 0 Å². The van der Waals surface area contributed by atoms with Gasteiger partial charge in [0, 0.05) is 50.4 Å². The molecule has 0 unspecified atom stereocenters. The number of hydrogen-bond donors (Lipinski definition) is 1. The molecule has 2 heterocycles. The Morgan fingerprint density at radius 3 is 2.48 bits per heavy atom. The molecule has 1 N–H and O–H groups in total. The highest BCUT2D eigenvalue weighted by molar-refractivity contribution is 5.98. The van der Waals surface area contributed by atoms with Gasteiger partial charge in [0.1, 0.15) is 0 Å². The summed E-state index contributed by atoms with van der Waals surface area (Å²) in [4.78, 5) is 28.7. The molecular weight excluding hydrogens is 338 g/mol. The number of amides is 2. The van der Waals surface area contributed by atoms with Crippen LogP contribution < -0.4 is 5.32 Å². The highest BCUT2D eigenvalue weighted by atomic mass is 16.2. The molecule has 2 aromatic carbocycles. The predicted octanol–water partition coefficient (Wildman–Crippen LogP) is 2.84. The number of benzene rings is 2. The van der Waals surface area contributed by atoms with Crippen LogP contribution in [0.5, 0.6) is 0 Å². The normalized spacial score (nSPS) is 17.4. The Labute approximate surface area is 160 Å². The van der Waals surface area contributed by atoms with E-state index in [1.54, 1.807) is 0 Å². The molecule has 4 rings (SSSR count). The van der Waals surface area contributed by atoms with Gasteiger partial charge in [-0.15, -0.1) is 0 Å². The van der Waals surface area contributed by atoms with Crippen molar-refractivity contribution in [1.29, 1.82) is 0 Å². The summed E-state index contributed by atoms with van der Waals surface area (Å²) in [6.07, 6.45) is 1.19. The molecule has 140 valence electrons. The number of nitrogens with one attached hydrogen (secondary N) is 1. The number of nitrogens with zero attached hydrogens (tertiary/aromatic N) is 2. The summed E-state index contributed by atoms with van der Waals surface area (Å²) < 4.78 is 0. The molecule has 2 aromatic rings. The molecule has 5 nitrogen and oxygen atoms in total. The Morgan fingerprint density at radius 1 is 1.00 bits per heavy atom. The average Bonchev–Trinajstić information content (AvgIpc) is 2.69. The lowest BCUT2D eigenvalue weighted by atomic mass is 10.00. The molecular formula is C22H25N3O2. The zero-order chi connectivity index (χ0) is 18.8. The van der Waals surface area contributed by atoms with Gasteiger partial charge in [0.15, 0.2) is 0 Å². The summed E-state index contributed by atoms with van der Waals surface area (Å²) >= 11 is 0. The summed E-state index contributed by atoms with van der Waals surface area (Å²) in [7, 11) is 0. The molecule has 0 saturated carbocycles. The van der Waals surface area contributed by atoms with Crippen LogP contribution in [0.2, 0.25) is 0 Å². The minimum atomic E-state index is 0.0475. The summed E-state index contributed by atoms with van der Waals surface area (Å²) in [5.74, 6) is 0.135. The Morgan fingerprint density at radius 2 is 1.74 bits per heavy atom. The maximum absolute atomic E-state index is 12.9. The largest absolute Gasteiger partial charge is 0.336 e. The molecule has 0 bridgehead atoms. The highest BCUT2D eigenvalue weighted by Gasteiger charge is 2.23. The molecule has 1 fully saturated rings. The Kier molecular flexibility index (Phi) is 4.94. The van der Waals surface area contributed by atoms with Crippen molar-refractivity contribution in [3.8, 4) is 0 Å². The van der Waals surface area contributed by atoms with Gasteiger partial charge in [0.05, 0.1) is 0 Å². The van der Waals surface area contributed by atoms with Gasteiger partial charge in [-0.1, -0.05) is 29.8 Å². The summed E-state index contributed by atoms with van der Waals surface area (Å²) in [6, 6.07) is 14.3. The van der Waals surface area contributed by atoms with E-state index in [0.29, 0.717) is 12.8 Å². The van der Waals surface area contributed by atoms with E-state index < -0.39 is 0 Å². The second kappa shape index (κ2) is 7.53. The Hall–Kier alpha value is -2.66. The van der Waals surface area contributed by atoms with E-state index in [2.05, 4.69) is 41.4 Å². The molecule has 2 amide bonds. The fourth-order valence-electron chi connectivity index (χ4n) is 3.76. The molecule has 0 aliphatic carbocycles. The standard InChI is InChI=1S/C22H25N3O2/c1-16-2-4-17(5-3-16)15-24-10-12-25(13-11-24)22(27)19-6-8-20-18(14-19)7-9-21(26)23-20/h2-6,8,14H,7,9-13,15H2,1H3,(H,23,26). The first kappa shape index (κ1) is 17.7. The minimum absolute atomic E-state index is 0.0475. The van der Waals surface area contributed by atoms with Crippen LogP contribution in [-0.4, -0.2) is 47.8 Å². The first-order valence-corrected chi connectivity index (χ1v) is 9.58. The first-order chi connectivity index (χ1) is 13.1. The number of carbonyl (C=O) groups excluding carboxylic acids is 2. The fourth-order valence-corrected chi connectivity index (χ4v) is 3.76. The summed E-state index contributed by atoms with van der Waals surface area (Å²) in [5, 5.41) is 2.87. The molecule has 2 aliphatic heterocycles. The van der Waals surface area contributed by atoms with Crippen LogP contribution in [0, 0.1) is 6.92 Å². The maximum Gasteiger partial charge on any atom is 0.253 e. The molecule has 0 atom stereocenters. The van der Waals surface area contributed by atoms with Crippen molar-refractivity contribution in [1.82, 2.24) is 9.80 Å². The van der Waals surface area contributed by atoms with E-state index in [9.17, 15) is 9.59 Å². The zero-order valence-electron chi connectivity index (χ0n) is 15.7. The van der Waals surface area contributed by atoms with Gasteiger partial charge in [-0.2, -0.15) is 0 Å². The second-order valence-corrected chi connectivity index (χ2v) is 7.47. The van der Waals surface area contributed by atoms with Crippen molar-refractivity contribution in [3.05, 3.63) is 64.7 Å². The number of piperazine rings is 1. The summed E-state index contributed by atoms with van der Waals surface area (Å²) in [6.45, 7) is 6.31. The number of rotatable bonds is 3. The molecule has 0 spiro atoms. The SMILES string of the molecule is Cc1ccc(CN2CCN(C(=O)c3ccc4c(c3)CCC(=O)N4)CC2)cc1. The van der Waals surface area contributed by atoms with E-state index in [1.807, 2.05) is 23.1 Å². The van der Waals surface area contributed by atoms with Crippen molar-refractivity contribution < 1.29 is 9.59 Å². The Balaban J connectivity index is 1.36. The van der Waals surface area contributed by atoms with E-state index >= 15 is 0 Å². The van der Waals surface area contributed by atoms with E-state index in [4.69, 9.17) is 0 Å². The third-order valence-corrected chi connectivity index (χ3v) is 5.43. The third-order valence-electron chi connectivity index (χ3n) is 5.43. The van der Waals surface area contributed by atoms with E-state index in [1.165, 1.54) is 11.1 Å². The number of fused-ring (bicyclic) bond motifs is 1. The molecule has 0 radical (unpaired) electrons. The van der Waals surface area contributed by atoms with Gasteiger partial charge in [0.25, 0.3) is 5.91 Å². The second-order valence-electron chi connectivity index (χ2n) is 7.47. The zero-order valence-corrected chi connectivity index (χ0v) is 15.7. The van der Waals surface area contributed by atoms with Crippen LogP contribution in [0.15, 0.2) is 42.5 Å². The van der Waals surface area contributed by atoms with Crippen molar-refractivity contribution in [2.45, 2.75) is 26.3 Å². The highest BCUT2D eigenvalue weighted by Crippen LogP contribution is 2.24. The number of hydrogen-bond acceptors (Lipinski definition) is 3. The lowest BCUT2D eigenvalue weighted by Crippen LogP contribution is -2.48. The summed E-state index contributed by atoms with van der Waals surface area (Å²) in [5.41, 5.74) is 5.21. The number of carbonyl (C=O) groups is 2. The van der Waals surface area contributed by atoms with E-state index in [0.717, 1.165) is 49.5 Å². The lowest BCUT2D eigenvalue weighted by molar-refractivity contribution is -0.116. The van der Waals surface area contributed by atoms with Crippen LogP contribution in [0.1, 0.15) is 33.5 Å². The van der Waals surface area contributed by atoms with Crippen molar-refractivity contribution in [3.63, 3.8) is 0 Å². The van der Waals surface area contributed by atoms with Gasteiger partial charge in [0.2, 0.25) is 5.91 Å². The molecule has 2 aliphatic rings. The van der Waals surface area contributed by atoms with Gasteiger partial charge in [-0.05, 0) is 42.7 Å². The maximum atomic E-state index is 12.9. The third kappa shape index (κ3) is 4.03. The smallest absolute Gasteiger partial charge is 0.253 e. The topological polar surface area (TPSA) is 52.7 Å². The fraction of sp³-hybridized carbons (Fsp3) is 0.364.